The lowest BCUT2D eigenvalue weighted by molar-refractivity contribution is -0.341. The zero-order valence-corrected chi connectivity index (χ0v) is 20.7. The molecule has 35 heavy (non-hydrogen) atoms. The molecule has 3 aliphatic rings. The lowest BCUT2D eigenvalue weighted by Crippen LogP contribution is -2.84. The summed E-state index contributed by atoms with van der Waals surface area (Å²) < 4.78 is 17.2. The SMILES string of the molecule is COc1ccc(-c2cc3c(c(=O)o2)C[C@]2(O)[C@@]4(C)[C@H](O)CC(=O)C(C)(C)[C@]4(O)CC[C@@]2(C)O3)cc1. The Labute approximate surface area is 203 Å². The third-order valence-electron chi connectivity index (χ3n) is 9.48. The highest BCUT2D eigenvalue weighted by Gasteiger charge is 2.79. The number of fused-ring (bicyclic) bond motifs is 4. The van der Waals surface area contributed by atoms with E-state index in [4.69, 9.17) is 13.9 Å². The summed E-state index contributed by atoms with van der Waals surface area (Å²) in [6, 6.07) is 8.68. The van der Waals surface area contributed by atoms with Crippen molar-refractivity contribution in [3.63, 3.8) is 0 Å². The average molecular weight is 485 g/mol. The minimum absolute atomic E-state index is 0.134. The molecule has 5 atom stereocenters. The second-order valence-corrected chi connectivity index (χ2v) is 11.2. The Morgan fingerprint density at radius 2 is 1.66 bits per heavy atom. The standard InChI is InChI=1S/C27H32O8/c1-23(2)20(28)13-21(29)25(4)26(23,31)11-10-24(3)27(25,32)14-17-19(35-24)12-18(34-22(17)30)15-6-8-16(33-5)9-7-15/h6-9,12,21,29,31-32H,10-11,13-14H2,1-5H3/t21-,24-,25+,26-,27-/m1/s1. The van der Waals surface area contributed by atoms with Crippen LogP contribution in [0, 0.1) is 10.8 Å². The Morgan fingerprint density at radius 1 is 1.00 bits per heavy atom. The van der Waals surface area contributed by atoms with Crippen molar-refractivity contribution in [1.29, 1.82) is 0 Å². The third kappa shape index (κ3) is 2.79. The van der Waals surface area contributed by atoms with Gasteiger partial charge in [0.05, 0.1) is 35.2 Å². The van der Waals surface area contributed by atoms with E-state index in [0.717, 1.165) is 0 Å². The van der Waals surface area contributed by atoms with Gasteiger partial charge in [0.2, 0.25) is 0 Å². The summed E-state index contributed by atoms with van der Waals surface area (Å²) in [5, 5.41) is 35.5. The number of aliphatic hydroxyl groups excluding tert-OH is 1. The first-order chi connectivity index (χ1) is 16.2. The maximum Gasteiger partial charge on any atom is 0.343 e. The number of carbonyl (C=O) groups excluding carboxylic acids is 1. The van der Waals surface area contributed by atoms with Crippen molar-refractivity contribution >= 4 is 5.78 Å². The van der Waals surface area contributed by atoms with Crippen LogP contribution in [-0.2, 0) is 11.2 Å². The van der Waals surface area contributed by atoms with Gasteiger partial charge in [0.25, 0.3) is 0 Å². The Balaban J connectivity index is 1.64. The van der Waals surface area contributed by atoms with Gasteiger partial charge in [-0.3, -0.25) is 4.79 Å². The number of hydrogen-bond donors (Lipinski definition) is 3. The molecule has 0 unspecified atom stereocenters. The van der Waals surface area contributed by atoms with Crippen LogP contribution >= 0.6 is 0 Å². The number of rotatable bonds is 2. The van der Waals surface area contributed by atoms with E-state index in [-0.39, 0.29) is 37.0 Å². The van der Waals surface area contributed by atoms with Crippen molar-refractivity contribution in [1.82, 2.24) is 0 Å². The number of hydrogen-bond acceptors (Lipinski definition) is 8. The summed E-state index contributed by atoms with van der Waals surface area (Å²) in [6.07, 6.45) is -1.36. The van der Waals surface area contributed by atoms with Crippen LogP contribution in [0.15, 0.2) is 39.5 Å². The molecule has 2 aliphatic carbocycles. The van der Waals surface area contributed by atoms with Crippen LogP contribution in [0.25, 0.3) is 11.3 Å². The van der Waals surface area contributed by atoms with Crippen LogP contribution < -0.4 is 15.1 Å². The van der Waals surface area contributed by atoms with Gasteiger partial charge in [-0.2, -0.15) is 0 Å². The molecular weight excluding hydrogens is 452 g/mol. The molecular formula is C27H32O8. The van der Waals surface area contributed by atoms with Gasteiger partial charge in [-0.25, -0.2) is 4.79 Å². The van der Waals surface area contributed by atoms with Crippen molar-refractivity contribution in [2.45, 2.75) is 76.3 Å². The molecule has 5 rings (SSSR count). The Kier molecular flexibility index (Phi) is 4.93. The van der Waals surface area contributed by atoms with Crippen molar-refractivity contribution in [3.8, 4) is 22.8 Å². The van der Waals surface area contributed by atoms with Gasteiger partial charge in [0.1, 0.15) is 34.2 Å². The molecule has 2 fully saturated rings. The molecule has 188 valence electrons. The maximum absolute atomic E-state index is 13.1. The molecule has 3 N–H and O–H groups in total. The van der Waals surface area contributed by atoms with E-state index in [0.29, 0.717) is 22.8 Å². The highest BCUT2D eigenvalue weighted by Crippen LogP contribution is 2.67. The molecule has 0 spiro atoms. The zero-order valence-electron chi connectivity index (χ0n) is 20.7. The minimum Gasteiger partial charge on any atom is -0.497 e. The van der Waals surface area contributed by atoms with Gasteiger partial charge >= 0.3 is 5.63 Å². The molecule has 8 heteroatoms. The number of Topliss-reactive ketones (excluding diaryl/α,β-unsaturated/α-hetero) is 1. The molecule has 2 aromatic rings. The quantitative estimate of drug-likeness (QED) is 0.594. The predicted octanol–water partition coefficient (Wildman–Crippen LogP) is 2.63. The first-order valence-electron chi connectivity index (χ1n) is 11.9. The monoisotopic (exact) mass is 484 g/mol. The summed E-state index contributed by atoms with van der Waals surface area (Å²) in [4.78, 5) is 26.0. The molecule has 8 nitrogen and oxygen atoms in total. The van der Waals surface area contributed by atoms with Gasteiger partial charge in [-0.1, -0.05) is 20.8 Å². The first kappa shape index (κ1) is 24.0. The van der Waals surface area contributed by atoms with Crippen LogP contribution in [0.3, 0.4) is 0 Å². The van der Waals surface area contributed by atoms with Gasteiger partial charge in [0.15, 0.2) is 0 Å². The van der Waals surface area contributed by atoms with E-state index in [1.54, 1.807) is 65.1 Å². The fourth-order valence-corrected chi connectivity index (χ4v) is 6.81. The summed E-state index contributed by atoms with van der Waals surface area (Å²) in [5.74, 6) is 1.01. The highest BCUT2D eigenvalue weighted by atomic mass is 16.5. The second kappa shape index (κ2) is 7.18. The topological polar surface area (TPSA) is 126 Å². The molecule has 0 amide bonds. The second-order valence-electron chi connectivity index (χ2n) is 11.2. The van der Waals surface area contributed by atoms with E-state index in [9.17, 15) is 24.9 Å². The number of aliphatic hydroxyl groups is 3. The zero-order chi connectivity index (χ0) is 25.6. The van der Waals surface area contributed by atoms with Crippen LogP contribution in [0.5, 0.6) is 11.5 Å². The molecule has 1 aromatic carbocycles. The van der Waals surface area contributed by atoms with Crippen molar-refractivity contribution < 1.29 is 34.0 Å². The normalized spacial score (nSPS) is 37.5. The van der Waals surface area contributed by atoms with Crippen LogP contribution in [0.4, 0.5) is 0 Å². The number of carbonyl (C=O) groups is 1. The van der Waals surface area contributed by atoms with Gasteiger partial charge < -0.3 is 29.2 Å². The van der Waals surface area contributed by atoms with Crippen LogP contribution in [0.1, 0.15) is 52.5 Å². The first-order valence-corrected chi connectivity index (χ1v) is 11.9. The lowest BCUT2D eigenvalue weighted by atomic mass is 9.39. The van der Waals surface area contributed by atoms with E-state index < -0.39 is 39.4 Å². The largest absolute Gasteiger partial charge is 0.497 e. The summed E-state index contributed by atoms with van der Waals surface area (Å²) in [6.45, 7) is 6.64. The van der Waals surface area contributed by atoms with Crippen LogP contribution in [0.2, 0.25) is 0 Å². The molecule has 1 aromatic heterocycles. The molecule has 0 bridgehead atoms. The van der Waals surface area contributed by atoms with Gasteiger partial charge in [-0.05, 0) is 44.0 Å². The maximum atomic E-state index is 13.1. The highest BCUT2D eigenvalue weighted by molar-refractivity contribution is 5.87. The molecule has 1 aliphatic heterocycles. The van der Waals surface area contributed by atoms with Gasteiger partial charge in [-0.15, -0.1) is 0 Å². The number of methoxy groups -OCH3 is 1. The fraction of sp³-hybridized carbons (Fsp3) is 0.556. The summed E-state index contributed by atoms with van der Waals surface area (Å²) >= 11 is 0. The lowest BCUT2D eigenvalue weighted by Gasteiger charge is -2.70. The average Bonchev–Trinajstić information content (AvgIpc) is 2.81. The Hall–Kier alpha value is -2.68. The smallest absolute Gasteiger partial charge is 0.343 e. The molecule has 0 radical (unpaired) electrons. The Bertz CT molecular complexity index is 1260. The number of ether oxygens (including phenoxy) is 2. The fourth-order valence-electron chi connectivity index (χ4n) is 6.81. The number of ketones is 1. The van der Waals surface area contributed by atoms with Crippen molar-refractivity contribution in [3.05, 3.63) is 46.3 Å². The summed E-state index contributed by atoms with van der Waals surface area (Å²) in [5.41, 5.74) is -7.43. The summed E-state index contributed by atoms with van der Waals surface area (Å²) in [7, 11) is 1.57. The Morgan fingerprint density at radius 3 is 2.29 bits per heavy atom. The minimum atomic E-state index is -1.85. The van der Waals surface area contributed by atoms with E-state index in [1.807, 2.05) is 0 Å². The van der Waals surface area contributed by atoms with E-state index in [1.165, 1.54) is 0 Å². The molecule has 2 heterocycles. The van der Waals surface area contributed by atoms with E-state index >= 15 is 0 Å². The van der Waals surface area contributed by atoms with E-state index in [2.05, 4.69) is 0 Å². The van der Waals surface area contributed by atoms with Crippen molar-refractivity contribution in [2.24, 2.45) is 10.8 Å². The van der Waals surface area contributed by atoms with Crippen molar-refractivity contribution in [2.75, 3.05) is 7.11 Å². The van der Waals surface area contributed by atoms with Gasteiger partial charge in [0, 0.05) is 24.5 Å². The molecule has 2 saturated carbocycles. The predicted molar refractivity (Wildman–Crippen MR) is 126 cm³/mol. The third-order valence-corrected chi connectivity index (χ3v) is 9.48. The molecule has 0 saturated heterocycles. The van der Waals surface area contributed by atoms with Crippen LogP contribution in [-0.4, -0.2) is 51.1 Å². The number of benzene rings is 1.